The minimum atomic E-state index is -0.523. The Morgan fingerprint density at radius 1 is 0.714 bits per heavy atom. The molecule has 2 aromatic heterocycles. The van der Waals surface area contributed by atoms with Crippen molar-refractivity contribution < 1.29 is 30.3 Å². The summed E-state index contributed by atoms with van der Waals surface area (Å²) in [6.45, 7) is 1.68. The summed E-state index contributed by atoms with van der Waals surface area (Å²) in [5.74, 6) is -0.134. The second-order valence-electron chi connectivity index (χ2n) is 7.56. The van der Waals surface area contributed by atoms with Crippen LogP contribution in [-0.2, 0) is 20.1 Å². The summed E-state index contributed by atoms with van der Waals surface area (Å²) in [4.78, 5) is 8.44. The Kier molecular flexibility index (Phi) is 12.5. The third-order valence-corrected chi connectivity index (χ3v) is 5.00. The zero-order chi connectivity index (χ0) is 24.0. The molecule has 0 amide bonds. The Morgan fingerprint density at radius 3 is 1.54 bits per heavy atom. The molecule has 4 nitrogen and oxygen atoms in total. The molecule has 5 heteroatoms. The van der Waals surface area contributed by atoms with Crippen LogP contribution in [0.2, 0.25) is 0 Å². The van der Waals surface area contributed by atoms with E-state index in [-0.39, 0.29) is 26.0 Å². The van der Waals surface area contributed by atoms with E-state index in [2.05, 4.69) is 22.1 Å². The van der Waals surface area contributed by atoms with Crippen LogP contribution in [0.15, 0.2) is 122 Å². The predicted molar refractivity (Wildman–Crippen MR) is 136 cm³/mol. The van der Waals surface area contributed by atoms with Crippen LogP contribution in [0.1, 0.15) is 6.92 Å². The fourth-order valence-corrected chi connectivity index (χ4v) is 3.21. The summed E-state index contributed by atoms with van der Waals surface area (Å²) in [7, 11) is 0. The molecule has 0 aliphatic heterocycles. The Labute approximate surface area is 221 Å². The van der Waals surface area contributed by atoms with Crippen LogP contribution < -0.4 is 0 Å². The first kappa shape index (κ1) is 28.0. The minimum Gasteiger partial charge on any atom is -0.393 e. The van der Waals surface area contributed by atoms with Crippen LogP contribution >= 0.6 is 0 Å². The molecule has 0 spiro atoms. The summed E-state index contributed by atoms with van der Waals surface area (Å²) >= 11 is 0. The number of allylic oxidation sites excluding steroid dienone is 2. The molecule has 181 valence electrons. The summed E-state index contributed by atoms with van der Waals surface area (Å²) in [5, 5.41) is 18.3. The van der Waals surface area contributed by atoms with Crippen molar-refractivity contribution >= 4 is 0 Å². The summed E-state index contributed by atoms with van der Waals surface area (Å²) in [5.41, 5.74) is 4.02. The van der Waals surface area contributed by atoms with Gasteiger partial charge in [-0.2, -0.15) is 0 Å². The number of hydrogen-bond donors (Lipinski definition) is 2. The maximum atomic E-state index is 9.24. The van der Waals surface area contributed by atoms with Gasteiger partial charge < -0.3 is 20.2 Å². The average molecular weight is 641 g/mol. The largest absolute Gasteiger partial charge is 0.393 e. The van der Waals surface area contributed by atoms with E-state index in [0.717, 1.165) is 22.5 Å². The predicted octanol–water partition coefficient (Wildman–Crippen LogP) is 5.57. The number of nitrogens with zero attached hydrogens (tertiary/aromatic N) is 2. The van der Waals surface area contributed by atoms with Crippen molar-refractivity contribution in [1.82, 2.24) is 9.97 Å². The van der Waals surface area contributed by atoms with Crippen LogP contribution in [0.3, 0.4) is 0 Å². The monoisotopic (exact) mass is 641 g/mol. The quantitative estimate of drug-likeness (QED) is 0.288. The summed E-state index contributed by atoms with van der Waals surface area (Å²) in [6.07, 6.45) is 9.69. The zero-order valence-electron chi connectivity index (χ0n) is 19.4. The van der Waals surface area contributed by atoms with Crippen LogP contribution in [0.4, 0.5) is 0 Å². The Hall–Kier alpha value is -3.21. The topological polar surface area (TPSA) is 66.2 Å². The average Bonchev–Trinajstić information content (AvgIpc) is 2.92. The van der Waals surface area contributed by atoms with E-state index in [9.17, 15) is 5.11 Å². The summed E-state index contributed by atoms with van der Waals surface area (Å²) in [6, 6.07) is 33.6. The maximum absolute atomic E-state index is 9.24. The van der Waals surface area contributed by atoms with Crippen molar-refractivity contribution in [3.05, 3.63) is 134 Å². The molecule has 0 fully saturated rings. The third-order valence-electron chi connectivity index (χ3n) is 5.00. The molecule has 35 heavy (non-hydrogen) atoms. The van der Waals surface area contributed by atoms with Gasteiger partial charge in [0.25, 0.3) is 0 Å². The second-order valence-corrected chi connectivity index (χ2v) is 7.56. The van der Waals surface area contributed by atoms with Crippen molar-refractivity contribution in [2.75, 3.05) is 0 Å². The number of pyridine rings is 2. The number of aliphatic hydroxyl groups is 2. The standard InChI is InChI=1S/2C11H8N.C8H12O2.Ir/c2*1-2-6-10(7-3-1)11-8-4-5-9-12-11;1-6(9)7-4-2-3-5-8(7)10;/h2*1-6,8-9H;2-10H,1H3;/q2*-1;;. The van der Waals surface area contributed by atoms with E-state index in [4.69, 9.17) is 5.11 Å². The molecular formula is C30H28IrN2O2-2. The van der Waals surface area contributed by atoms with Crippen LogP contribution in [0, 0.1) is 18.1 Å². The SMILES string of the molecule is CC(O)C1C=CC=CC1O.[Ir].[c-]1ccccc1-c1ccccn1.[c-]1ccccc1-c1ccccn1. The normalized spacial score (nSPS) is 16.4. The number of aliphatic hydroxyl groups excluding tert-OH is 2. The van der Waals surface area contributed by atoms with E-state index < -0.39 is 12.2 Å². The molecule has 0 saturated heterocycles. The van der Waals surface area contributed by atoms with Gasteiger partial charge >= 0.3 is 0 Å². The van der Waals surface area contributed by atoms with Gasteiger partial charge in [0.15, 0.2) is 0 Å². The van der Waals surface area contributed by atoms with Gasteiger partial charge in [-0.25, -0.2) is 0 Å². The van der Waals surface area contributed by atoms with Crippen molar-refractivity contribution in [2.45, 2.75) is 19.1 Å². The molecule has 0 saturated carbocycles. The molecule has 5 rings (SSSR count). The molecule has 2 heterocycles. The van der Waals surface area contributed by atoms with E-state index in [1.807, 2.05) is 97.1 Å². The van der Waals surface area contributed by atoms with Gasteiger partial charge in [0, 0.05) is 38.4 Å². The van der Waals surface area contributed by atoms with E-state index in [0.29, 0.717) is 0 Å². The molecule has 1 aliphatic rings. The number of rotatable bonds is 3. The number of hydrogen-bond acceptors (Lipinski definition) is 4. The Morgan fingerprint density at radius 2 is 1.20 bits per heavy atom. The fraction of sp³-hybridized carbons (Fsp3) is 0.133. The molecule has 3 unspecified atom stereocenters. The minimum absolute atomic E-state index is 0. The van der Waals surface area contributed by atoms with Crippen LogP contribution in [0.25, 0.3) is 22.5 Å². The van der Waals surface area contributed by atoms with Crippen molar-refractivity contribution in [2.24, 2.45) is 5.92 Å². The van der Waals surface area contributed by atoms with Gasteiger partial charge in [-0.3, -0.25) is 0 Å². The van der Waals surface area contributed by atoms with Gasteiger partial charge in [0.05, 0.1) is 12.2 Å². The molecule has 1 aliphatic carbocycles. The molecule has 1 radical (unpaired) electrons. The van der Waals surface area contributed by atoms with Gasteiger partial charge in [-0.1, -0.05) is 48.6 Å². The Bertz CT molecular complexity index is 986. The van der Waals surface area contributed by atoms with Gasteiger partial charge in [-0.15, -0.1) is 71.8 Å². The molecular weight excluding hydrogens is 613 g/mol. The first-order chi connectivity index (χ1) is 16.6. The van der Waals surface area contributed by atoms with Gasteiger partial charge in [-0.05, 0) is 30.4 Å². The van der Waals surface area contributed by atoms with E-state index >= 15 is 0 Å². The van der Waals surface area contributed by atoms with E-state index in [1.54, 1.807) is 31.5 Å². The van der Waals surface area contributed by atoms with Crippen molar-refractivity contribution in [3.63, 3.8) is 0 Å². The number of benzene rings is 2. The second kappa shape index (κ2) is 15.6. The van der Waals surface area contributed by atoms with Crippen LogP contribution in [0.5, 0.6) is 0 Å². The molecule has 2 N–H and O–H groups in total. The van der Waals surface area contributed by atoms with E-state index in [1.165, 1.54) is 0 Å². The smallest absolute Gasteiger partial charge is 0.0811 e. The fourth-order valence-electron chi connectivity index (χ4n) is 3.21. The molecule has 4 aromatic rings. The summed E-state index contributed by atoms with van der Waals surface area (Å²) < 4.78 is 0. The van der Waals surface area contributed by atoms with Crippen molar-refractivity contribution in [1.29, 1.82) is 0 Å². The maximum Gasteiger partial charge on any atom is 0.0811 e. The van der Waals surface area contributed by atoms with Crippen LogP contribution in [-0.4, -0.2) is 32.4 Å². The first-order valence-electron chi connectivity index (χ1n) is 11.1. The zero-order valence-corrected chi connectivity index (χ0v) is 21.8. The first-order valence-corrected chi connectivity index (χ1v) is 11.1. The number of aromatic nitrogens is 2. The Balaban J connectivity index is 0.000000184. The molecule has 3 atom stereocenters. The molecule has 0 bridgehead atoms. The van der Waals surface area contributed by atoms with Gasteiger partial charge in [0.2, 0.25) is 0 Å². The van der Waals surface area contributed by atoms with Gasteiger partial charge in [0.1, 0.15) is 0 Å². The van der Waals surface area contributed by atoms with Crippen molar-refractivity contribution in [3.8, 4) is 22.5 Å². The third kappa shape index (κ3) is 9.51. The molecule has 2 aromatic carbocycles.